The number of benzene rings is 1. The number of nitrogens with zero attached hydrogens (tertiary/aromatic N) is 3. The topological polar surface area (TPSA) is 136 Å². The van der Waals surface area contributed by atoms with Crippen molar-refractivity contribution in [2.45, 2.75) is 0 Å². The van der Waals surface area contributed by atoms with Gasteiger partial charge in [-0.05, 0) is 5.56 Å². The normalized spacial score (nSPS) is 9.75. The first kappa shape index (κ1) is 19.9. The molecule has 0 amide bonds. The molecule has 0 fully saturated rings. The zero-order chi connectivity index (χ0) is 17.1. The number of aromatic amines is 1. The quantitative estimate of drug-likeness (QED) is 0.487. The van der Waals surface area contributed by atoms with Gasteiger partial charge >= 0.3 is 43.4 Å². The predicted octanol–water partition coefficient (Wildman–Crippen LogP) is -2.30. The van der Waals surface area contributed by atoms with Crippen LogP contribution >= 0.6 is 0 Å². The second kappa shape index (κ2) is 8.13. The zero-order valence-electron chi connectivity index (χ0n) is 13.0. The second-order valence-corrected chi connectivity index (χ2v) is 4.63. The van der Waals surface area contributed by atoms with Crippen LogP contribution in [0.1, 0.15) is 10.4 Å². The van der Waals surface area contributed by atoms with Crippen molar-refractivity contribution in [2.24, 2.45) is 14.1 Å². The largest absolute Gasteiger partial charge is 2.00 e. The monoisotopic (exact) mass is 356 g/mol. The Labute approximate surface area is 165 Å². The van der Waals surface area contributed by atoms with Crippen molar-refractivity contribution in [1.82, 2.24) is 19.1 Å². The maximum absolute atomic E-state index is 11.3. The van der Waals surface area contributed by atoms with E-state index >= 15 is 0 Å². The van der Waals surface area contributed by atoms with Crippen LogP contribution in [0, 0.1) is 0 Å². The van der Waals surface area contributed by atoms with Crippen molar-refractivity contribution in [1.29, 1.82) is 0 Å². The number of para-hydroxylation sites is 1. The molecule has 0 aliphatic rings. The first-order valence-electron chi connectivity index (χ1n) is 6.40. The van der Waals surface area contributed by atoms with Crippen molar-refractivity contribution in [3.63, 3.8) is 0 Å². The van der Waals surface area contributed by atoms with E-state index in [-0.39, 0.29) is 43.3 Å². The van der Waals surface area contributed by atoms with Gasteiger partial charge in [0.25, 0.3) is 5.56 Å². The SMILES string of the molecule is Cn1cnc2c1c(=O)[nH]c(=O)n2C.O=C([O-])c1ccccc1[O-].[Ca+2]. The van der Waals surface area contributed by atoms with E-state index in [4.69, 9.17) is 0 Å². The van der Waals surface area contributed by atoms with Crippen molar-refractivity contribution >= 4 is 54.9 Å². The predicted molar refractivity (Wildman–Crippen MR) is 82.5 cm³/mol. The standard InChI is InChI=1S/C7H8N4O2.C7H6O3.Ca/c1-10-3-8-5-4(10)6(12)9-7(13)11(5)2;8-6-4-2-1-3-5(6)7(9)10;/h3H,1-2H3,(H,9,12,13);1-4,8H,(H,9,10);/q;;+2/p-2. The summed E-state index contributed by atoms with van der Waals surface area (Å²) in [5.41, 5.74) is -0.338. The summed E-state index contributed by atoms with van der Waals surface area (Å²) < 4.78 is 2.88. The molecule has 120 valence electrons. The number of aryl methyl sites for hydroxylation is 2. The van der Waals surface area contributed by atoms with Crippen LogP contribution in [0.4, 0.5) is 0 Å². The van der Waals surface area contributed by atoms with E-state index in [1.54, 1.807) is 18.7 Å². The molecule has 0 spiro atoms. The summed E-state index contributed by atoms with van der Waals surface area (Å²) in [7, 11) is 3.27. The number of nitrogens with one attached hydrogen (secondary N) is 1. The number of fused-ring (bicyclic) bond motifs is 1. The van der Waals surface area contributed by atoms with E-state index in [9.17, 15) is 24.6 Å². The summed E-state index contributed by atoms with van der Waals surface area (Å²) in [5.74, 6) is -1.94. The van der Waals surface area contributed by atoms with E-state index in [0.29, 0.717) is 11.2 Å². The number of carbonyl (C=O) groups is 1. The first-order valence-corrected chi connectivity index (χ1v) is 6.40. The van der Waals surface area contributed by atoms with E-state index in [1.807, 2.05) is 0 Å². The molecule has 0 atom stereocenters. The van der Waals surface area contributed by atoms with Crippen molar-refractivity contribution in [3.8, 4) is 5.75 Å². The van der Waals surface area contributed by atoms with Gasteiger partial charge in [-0.25, -0.2) is 9.78 Å². The van der Waals surface area contributed by atoms with Crippen LogP contribution in [0.5, 0.6) is 5.75 Å². The van der Waals surface area contributed by atoms with Crippen LogP contribution in [0.25, 0.3) is 11.2 Å². The molecule has 2 heterocycles. The molecule has 24 heavy (non-hydrogen) atoms. The molecule has 0 aliphatic carbocycles. The third-order valence-corrected chi connectivity index (χ3v) is 3.08. The van der Waals surface area contributed by atoms with Crippen molar-refractivity contribution in [2.75, 3.05) is 0 Å². The van der Waals surface area contributed by atoms with Gasteiger partial charge < -0.3 is 19.6 Å². The van der Waals surface area contributed by atoms with Crippen LogP contribution in [0.2, 0.25) is 0 Å². The van der Waals surface area contributed by atoms with Gasteiger partial charge in [0.05, 0.1) is 12.3 Å². The Morgan fingerprint density at radius 2 is 1.83 bits per heavy atom. The molecule has 3 aromatic rings. The fourth-order valence-electron chi connectivity index (χ4n) is 1.90. The number of imidazole rings is 1. The number of H-pyrrole nitrogens is 1. The average Bonchev–Trinajstić information content (AvgIpc) is 2.88. The van der Waals surface area contributed by atoms with Gasteiger partial charge in [0.1, 0.15) is 0 Å². The third kappa shape index (κ3) is 4.05. The van der Waals surface area contributed by atoms with Gasteiger partial charge in [-0.2, -0.15) is 0 Å². The number of aromatic nitrogens is 4. The molecule has 1 N–H and O–H groups in total. The van der Waals surface area contributed by atoms with Crippen molar-refractivity contribution < 1.29 is 15.0 Å². The number of rotatable bonds is 1. The van der Waals surface area contributed by atoms with Crippen LogP contribution in [-0.2, 0) is 14.1 Å². The third-order valence-electron chi connectivity index (χ3n) is 3.08. The number of carboxylic acid groups (broad SMARTS) is 1. The summed E-state index contributed by atoms with van der Waals surface area (Å²) in [6, 6.07) is 5.37. The molecule has 9 nitrogen and oxygen atoms in total. The zero-order valence-corrected chi connectivity index (χ0v) is 15.2. The Hall–Kier alpha value is -2.10. The Kier molecular flexibility index (Phi) is 6.76. The molecule has 0 unspecified atom stereocenters. The minimum atomic E-state index is -1.43. The van der Waals surface area contributed by atoms with Gasteiger partial charge in [-0.3, -0.25) is 14.3 Å². The number of aromatic carboxylic acids is 1. The molecule has 0 saturated carbocycles. The Bertz CT molecular complexity index is 989. The molecular weight excluding hydrogens is 344 g/mol. The van der Waals surface area contributed by atoms with Gasteiger partial charge in [0.15, 0.2) is 11.2 Å². The minimum Gasteiger partial charge on any atom is -0.872 e. The first-order chi connectivity index (χ1) is 10.8. The molecule has 2 aromatic heterocycles. The molecule has 1 aromatic carbocycles. The number of carboxylic acids is 1. The fraction of sp³-hybridized carbons (Fsp3) is 0.143. The Morgan fingerprint density at radius 3 is 2.38 bits per heavy atom. The summed E-state index contributed by atoms with van der Waals surface area (Å²) in [4.78, 5) is 38.7. The number of hydrogen-bond acceptors (Lipinski definition) is 6. The smallest absolute Gasteiger partial charge is 0.872 e. The fourth-order valence-corrected chi connectivity index (χ4v) is 1.90. The summed E-state index contributed by atoms with van der Waals surface area (Å²) in [6.07, 6.45) is 1.50. The van der Waals surface area contributed by atoms with E-state index < -0.39 is 23.0 Å². The molecule has 10 heteroatoms. The summed E-state index contributed by atoms with van der Waals surface area (Å²) in [6.45, 7) is 0. The van der Waals surface area contributed by atoms with E-state index in [0.717, 1.165) is 0 Å². The molecule has 0 radical (unpaired) electrons. The summed E-state index contributed by atoms with van der Waals surface area (Å²) in [5, 5.41) is 20.8. The van der Waals surface area contributed by atoms with Gasteiger partial charge in [-0.1, -0.05) is 30.0 Å². The molecule has 3 rings (SSSR count). The average molecular weight is 356 g/mol. The van der Waals surface area contributed by atoms with Gasteiger partial charge in [-0.15, -0.1) is 0 Å². The van der Waals surface area contributed by atoms with E-state index in [1.165, 1.54) is 35.2 Å². The maximum Gasteiger partial charge on any atom is 2.00 e. The second-order valence-electron chi connectivity index (χ2n) is 4.63. The minimum absolute atomic E-state index is 0. The molecule has 0 bridgehead atoms. The maximum atomic E-state index is 11.3. The molecule has 0 saturated heterocycles. The van der Waals surface area contributed by atoms with Crippen LogP contribution in [-0.4, -0.2) is 62.8 Å². The van der Waals surface area contributed by atoms with Crippen LogP contribution in [0.15, 0.2) is 40.2 Å². The Balaban J connectivity index is 0.000000238. The van der Waals surface area contributed by atoms with E-state index in [2.05, 4.69) is 9.97 Å². The van der Waals surface area contributed by atoms with Crippen LogP contribution in [0.3, 0.4) is 0 Å². The van der Waals surface area contributed by atoms with Gasteiger partial charge in [0, 0.05) is 14.1 Å². The number of hydrogen-bond donors (Lipinski definition) is 1. The number of carbonyl (C=O) groups excluding carboxylic acids is 1. The van der Waals surface area contributed by atoms with Crippen LogP contribution < -0.4 is 21.5 Å². The molecular formula is C14H12CaN4O5. The molecule has 0 aliphatic heterocycles. The Morgan fingerprint density at radius 1 is 1.21 bits per heavy atom. The summed E-state index contributed by atoms with van der Waals surface area (Å²) >= 11 is 0. The van der Waals surface area contributed by atoms with Gasteiger partial charge in [0.2, 0.25) is 0 Å². The van der Waals surface area contributed by atoms with Crippen molar-refractivity contribution in [3.05, 3.63) is 57.0 Å².